The van der Waals surface area contributed by atoms with Gasteiger partial charge in [-0.25, -0.2) is 13.4 Å². The largest absolute Gasteiger partial charge is 0.390 e. The van der Waals surface area contributed by atoms with Crippen molar-refractivity contribution in [2.75, 3.05) is 0 Å². The van der Waals surface area contributed by atoms with Crippen LogP contribution >= 0.6 is 20.8 Å². The molecule has 0 spiro atoms. The third kappa shape index (κ3) is 6.10. The van der Waals surface area contributed by atoms with Crippen LogP contribution in [0.5, 0.6) is 0 Å². The molecule has 5 nitrogen and oxygen atoms in total. The van der Waals surface area contributed by atoms with E-state index >= 15 is 0 Å². The summed E-state index contributed by atoms with van der Waals surface area (Å²) in [5.41, 5.74) is -4.04. The van der Waals surface area contributed by atoms with E-state index in [9.17, 15) is 43.7 Å². The van der Waals surface area contributed by atoms with Crippen molar-refractivity contribution in [2.45, 2.75) is 52.6 Å². The minimum atomic E-state index is -11.1. The number of nitrogens with zero attached hydrogens (tertiary/aromatic N) is 4. The highest BCUT2D eigenvalue weighted by molar-refractivity contribution is 8.48. The van der Waals surface area contributed by atoms with Gasteiger partial charge >= 0.3 is 26.9 Å². The third-order valence-electron chi connectivity index (χ3n) is 2.54. The molecule has 0 aromatic heterocycles. The summed E-state index contributed by atoms with van der Waals surface area (Å²) in [6.45, 7) is 5.22. The van der Waals surface area contributed by atoms with Crippen LogP contribution in [-0.4, -0.2) is 25.7 Å². The van der Waals surface area contributed by atoms with Crippen molar-refractivity contribution in [3.05, 3.63) is 0 Å². The number of hydrogen-bond acceptors (Lipinski definition) is 3. The van der Waals surface area contributed by atoms with Crippen LogP contribution < -0.4 is 0 Å². The zero-order chi connectivity index (χ0) is 22.5. The number of rotatable bonds is 2. The summed E-state index contributed by atoms with van der Waals surface area (Å²) >= 11 is 0. The van der Waals surface area contributed by atoms with Crippen LogP contribution in [-0.2, 0) is 9.99 Å². The van der Waals surface area contributed by atoms with E-state index in [4.69, 9.17) is 0 Å². The number of carbonyl (C=O) groups is 1. The Kier molecular flexibility index (Phi) is 3.92. The fourth-order valence-corrected chi connectivity index (χ4v) is 8.72. The third-order valence-corrected chi connectivity index (χ3v) is 8.78. The minimum Gasteiger partial charge on any atom is -0.246 e. The van der Waals surface area contributed by atoms with Crippen molar-refractivity contribution < 1.29 is 43.7 Å². The van der Waals surface area contributed by atoms with Gasteiger partial charge in [0.2, 0.25) is 0 Å². The highest BCUT2D eigenvalue weighted by Crippen LogP contribution is 3.02. The quantitative estimate of drug-likeness (QED) is 0.365. The van der Waals surface area contributed by atoms with E-state index in [0.717, 1.165) is 49.1 Å². The Morgan fingerprint density at radius 1 is 0.667 bits per heavy atom. The Hall–Kier alpha value is -0.780. The van der Waals surface area contributed by atoms with Crippen LogP contribution in [0.1, 0.15) is 41.5 Å². The molecule has 168 valence electrons. The van der Waals surface area contributed by atoms with Gasteiger partial charge in [0, 0.05) is 0 Å². The fraction of sp³-hybridized carbons (Fsp3) is 0.889. The fourth-order valence-electron chi connectivity index (χ4n) is 2.17. The first-order chi connectivity index (χ1) is 10.8. The van der Waals surface area contributed by atoms with E-state index < -0.39 is 56.5 Å². The predicted octanol–water partition coefficient (Wildman–Crippen LogP) is 8.10. The molecular weight excluding hydrogens is 466 g/mol. The van der Waals surface area contributed by atoms with Crippen molar-refractivity contribution in [3.63, 3.8) is 0 Å². The maximum atomic E-state index is 13.0. The number of hydrogen-bond donors (Lipinski definition) is 0. The number of urea groups is 1. The van der Waals surface area contributed by atoms with Gasteiger partial charge in [-0.2, -0.15) is 0 Å². The normalized spacial score (nSPS) is 24.2. The summed E-state index contributed by atoms with van der Waals surface area (Å²) in [5, 5.41) is 0. The molecule has 27 heavy (non-hydrogen) atoms. The molecule has 0 aromatic rings. The van der Waals surface area contributed by atoms with Crippen LogP contribution in [0.4, 0.5) is 43.7 Å². The monoisotopic (exact) mass is 484 g/mol. The van der Waals surface area contributed by atoms with E-state index in [-0.39, 0.29) is 0 Å². The van der Waals surface area contributed by atoms with Gasteiger partial charge in [-0.05, 0) is 41.5 Å². The first kappa shape index (κ1) is 24.3. The van der Waals surface area contributed by atoms with E-state index in [0.29, 0.717) is 0 Å². The second kappa shape index (κ2) is 4.36. The van der Waals surface area contributed by atoms with Crippen LogP contribution in [0, 0.1) is 0 Å². The van der Waals surface area contributed by atoms with Crippen molar-refractivity contribution >= 4 is 36.8 Å². The SMILES string of the molecule is CC(C)(C)N1C(=O)N(C(C)(C)C)S1(=NS(F)(F)(F)(F)F)=NS(F)(F)(F)(F)F. The highest BCUT2D eigenvalue weighted by Gasteiger charge is 2.73. The molecule has 1 fully saturated rings. The van der Waals surface area contributed by atoms with E-state index in [1.54, 1.807) is 0 Å². The number of carbonyl (C=O) groups excluding carboxylic acids is 1. The highest BCUT2D eigenvalue weighted by atomic mass is 32.5. The van der Waals surface area contributed by atoms with Gasteiger partial charge in [0.05, 0.1) is 11.1 Å². The Labute approximate surface area is 149 Å². The topological polar surface area (TPSA) is 48.3 Å². The van der Waals surface area contributed by atoms with Crippen LogP contribution in [0.15, 0.2) is 7.54 Å². The second-order valence-electron chi connectivity index (χ2n) is 7.71. The Morgan fingerprint density at radius 2 is 0.889 bits per heavy atom. The molecule has 0 radical (unpaired) electrons. The maximum Gasteiger partial charge on any atom is 0.390 e. The molecule has 18 heteroatoms. The molecule has 0 aliphatic carbocycles. The van der Waals surface area contributed by atoms with Crippen LogP contribution in [0.2, 0.25) is 0 Å². The average molecular weight is 484 g/mol. The van der Waals surface area contributed by atoms with Gasteiger partial charge in [0.25, 0.3) is 0 Å². The van der Waals surface area contributed by atoms with Crippen molar-refractivity contribution in [2.24, 2.45) is 7.54 Å². The van der Waals surface area contributed by atoms with Gasteiger partial charge in [-0.1, -0.05) is 46.4 Å². The van der Waals surface area contributed by atoms with Gasteiger partial charge in [-0.15, -0.1) is 0 Å². The summed E-state index contributed by atoms with van der Waals surface area (Å²) in [7, 11) is -28.2. The molecule has 1 heterocycles. The maximum absolute atomic E-state index is 13.0. The molecule has 1 aliphatic heterocycles. The van der Waals surface area contributed by atoms with Crippen molar-refractivity contribution in [3.8, 4) is 0 Å². The van der Waals surface area contributed by atoms with Gasteiger partial charge < -0.3 is 0 Å². The molecule has 0 atom stereocenters. The van der Waals surface area contributed by atoms with Crippen LogP contribution in [0.3, 0.4) is 0 Å². The Balaban J connectivity index is 4.38. The molecule has 1 rings (SSSR count). The lowest BCUT2D eigenvalue weighted by Gasteiger charge is -2.59. The van der Waals surface area contributed by atoms with E-state index in [2.05, 4.69) is 0 Å². The van der Waals surface area contributed by atoms with Gasteiger partial charge in [0.1, 0.15) is 0 Å². The summed E-state index contributed by atoms with van der Waals surface area (Å²) in [4.78, 5) is 12.2. The van der Waals surface area contributed by atoms with Crippen molar-refractivity contribution in [1.82, 2.24) is 8.61 Å². The van der Waals surface area contributed by atoms with E-state index in [1.165, 1.54) is 0 Å². The zero-order valence-corrected chi connectivity index (χ0v) is 17.2. The summed E-state index contributed by atoms with van der Waals surface area (Å²) in [5.74, 6) is 0. The molecule has 1 aliphatic rings. The molecule has 0 bridgehead atoms. The lowest BCUT2D eigenvalue weighted by atomic mass is 10.1. The number of amides is 2. The molecule has 0 saturated carbocycles. The molecule has 0 N–H and O–H groups in total. The molecule has 1 saturated heterocycles. The van der Waals surface area contributed by atoms with Gasteiger partial charge in [0.15, 0.2) is 9.99 Å². The lowest BCUT2D eigenvalue weighted by molar-refractivity contribution is 0.128. The molecule has 0 unspecified atom stereocenters. The zero-order valence-electron chi connectivity index (χ0n) is 14.7. The second-order valence-corrected chi connectivity index (χ2v) is 14.3. The first-order valence-electron chi connectivity index (χ1n) is 6.74. The minimum absolute atomic E-state index is 0.416. The van der Waals surface area contributed by atoms with E-state index in [1.807, 2.05) is 0 Å². The Morgan fingerprint density at radius 3 is 1.04 bits per heavy atom. The summed E-state index contributed by atoms with van der Waals surface area (Å²) < 4.78 is 132. The predicted molar refractivity (Wildman–Crippen MR) is 87.1 cm³/mol. The number of halogens is 10. The lowest BCUT2D eigenvalue weighted by Crippen LogP contribution is -2.73. The average Bonchev–Trinajstić information content (AvgIpc) is 1.97. The summed E-state index contributed by atoms with van der Waals surface area (Å²) in [6.07, 6.45) is 0. The molecule has 2 amide bonds. The smallest absolute Gasteiger partial charge is 0.246 e. The van der Waals surface area contributed by atoms with Crippen molar-refractivity contribution in [1.29, 1.82) is 0 Å². The summed E-state index contributed by atoms with van der Waals surface area (Å²) in [6, 6.07) is -1.62. The standard InChI is InChI=1S/C9H18F10N4OS3/c1-8(2,3)22-7(24)23(9(4,5)6)25(22,20-26(10,11,12,13)14)21-27(15,16,17,18)19/h1-6H3. The molecular formula is C9H18F10N4OS3. The van der Waals surface area contributed by atoms with Gasteiger partial charge in [-0.3, -0.25) is 0 Å². The van der Waals surface area contributed by atoms with Crippen LogP contribution in [0.25, 0.3) is 0 Å². The first-order valence-corrected chi connectivity index (χ1v) is 12.0. The molecule has 0 aromatic carbocycles. The Bertz CT molecular complexity index is 751.